The van der Waals surface area contributed by atoms with Gasteiger partial charge in [-0.3, -0.25) is 4.79 Å². The normalized spacial score (nSPS) is 29.8. The Morgan fingerprint density at radius 3 is 2.54 bits per heavy atom. The zero-order chi connectivity index (χ0) is 16.4. The number of amides is 1. The third-order valence-corrected chi connectivity index (χ3v) is 6.14. The maximum atomic E-state index is 12.8. The maximum absolute atomic E-state index is 12.8. The van der Waals surface area contributed by atoms with Crippen molar-refractivity contribution in [1.82, 2.24) is 9.88 Å². The first kappa shape index (κ1) is 15.9. The van der Waals surface area contributed by atoms with Crippen LogP contribution in [0.1, 0.15) is 64.2 Å². The van der Waals surface area contributed by atoms with Gasteiger partial charge in [-0.1, -0.05) is 31.7 Å². The highest BCUT2D eigenvalue weighted by molar-refractivity contribution is 5.77. The van der Waals surface area contributed by atoms with Gasteiger partial charge < -0.3 is 9.64 Å². The van der Waals surface area contributed by atoms with E-state index >= 15 is 0 Å². The molecule has 2 bridgehead atoms. The summed E-state index contributed by atoms with van der Waals surface area (Å²) in [6.45, 7) is 0. The molecule has 2 saturated heterocycles. The number of fused-ring (bicyclic) bond motifs is 2. The Balaban J connectivity index is 1.32. The molecule has 4 heteroatoms. The lowest BCUT2D eigenvalue weighted by Gasteiger charge is -2.39. The summed E-state index contributed by atoms with van der Waals surface area (Å²) in [4.78, 5) is 19.2. The Morgan fingerprint density at radius 1 is 1.12 bits per heavy atom. The van der Waals surface area contributed by atoms with Crippen LogP contribution in [0, 0.1) is 5.92 Å². The van der Waals surface area contributed by atoms with Crippen LogP contribution in [-0.4, -0.2) is 34.0 Å². The van der Waals surface area contributed by atoms with Crippen molar-refractivity contribution in [3.8, 4) is 5.88 Å². The molecule has 0 radical (unpaired) electrons. The van der Waals surface area contributed by atoms with Crippen LogP contribution in [0.15, 0.2) is 24.4 Å². The van der Waals surface area contributed by atoms with E-state index < -0.39 is 0 Å². The highest BCUT2D eigenvalue weighted by Crippen LogP contribution is 2.38. The number of hydrogen-bond acceptors (Lipinski definition) is 3. The van der Waals surface area contributed by atoms with Crippen molar-refractivity contribution >= 4 is 5.91 Å². The average Bonchev–Trinajstić information content (AvgIpc) is 3.20. The van der Waals surface area contributed by atoms with Crippen LogP contribution in [-0.2, 0) is 4.79 Å². The molecule has 3 heterocycles. The molecule has 2 atom stereocenters. The van der Waals surface area contributed by atoms with Crippen molar-refractivity contribution in [2.24, 2.45) is 5.92 Å². The quantitative estimate of drug-likeness (QED) is 0.822. The van der Waals surface area contributed by atoms with E-state index in [9.17, 15) is 4.79 Å². The van der Waals surface area contributed by atoms with E-state index in [0.717, 1.165) is 44.4 Å². The predicted molar refractivity (Wildman–Crippen MR) is 92.7 cm³/mol. The van der Waals surface area contributed by atoms with Crippen molar-refractivity contribution in [3.05, 3.63) is 24.4 Å². The Kier molecular flexibility index (Phi) is 4.72. The van der Waals surface area contributed by atoms with Gasteiger partial charge in [0.05, 0.1) is 0 Å². The summed E-state index contributed by atoms with van der Waals surface area (Å²) >= 11 is 0. The summed E-state index contributed by atoms with van der Waals surface area (Å²) in [6.07, 6.45) is 13.4. The summed E-state index contributed by atoms with van der Waals surface area (Å²) in [5, 5.41) is 0. The molecule has 2 unspecified atom stereocenters. The predicted octanol–water partition coefficient (Wildman–Crippen LogP) is 3.95. The number of carbonyl (C=O) groups excluding carboxylic acids is 1. The maximum Gasteiger partial charge on any atom is 0.223 e. The first-order valence-electron chi connectivity index (χ1n) is 9.68. The fourth-order valence-electron chi connectivity index (χ4n) is 4.97. The highest BCUT2D eigenvalue weighted by Gasteiger charge is 2.43. The summed E-state index contributed by atoms with van der Waals surface area (Å²) in [5.74, 6) is 1.91. The molecule has 3 fully saturated rings. The number of carbonyl (C=O) groups is 1. The summed E-state index contributed by atoms with van der Waals surface area (Å²) in [7, 11) is 0. The zero-order valence-corrected chi connectivity index (χ0v) is 14.4. The second-order valence-electron chi connectivity index (χ2n) is 7.75. The molecule has 4 rings (SSSR count). The van der Waals surface area contributed by atoms with Gasteiger partial charge in [-0.25, -0.2) is 4.98 Å². The van der Waals surface area contributed by atoms with Crippen LogP contribution in [0.3, 0.4) is 0 Å². The van der Waals surface area contributed by atoms with Gasteiger partial charge in [0.15, 0.2) is 0 Å². The van der Waals surface area contributed by atoms with E-state index in [4.69, 9.17) is 4.74 Å². The number of piperidine rings is 1. The number of aromatic nitrogens is 1. The molecule has 0 N–H and O–H groups in total. The van der Waals surface area contributed by atoms with Gasteiger partial charge in [0.25, 0.3) is 0 Å². The molecule has 1 aromatic rings. The minimum atomic E-state index is 0.205. The van der Waals surface area contributed by atoms with E-state index in [1.165, 1.54) is 25.7 Å². The van der Waals surface area contributed by atoms with E-state index in [0.29, 0.717) is 23.9 Å². The topological polar surface area (TPSA) is 42.4 Å². The number of ether oxygens (including phenoxy) is 1. The smallest absolute Gasteiger partial charge is 0.223 e. The molecule has 1 aromatic heterocycles. The van der Waals surface area contributed by atoms with Crippen LogP contribution in [0.2, 0.25) is 0 Å². The molecule has 24 heavy (non-hydrogen) atoms. The van der Waals surface area contributed by atoms with E-state index in [-0.39, 0.29) is 6.10 Å². The third-order valence-electron chi connectivity index (χ3n) is 6.14. The largest absolute Gasteiger partial charge is 0.474 e. The molecular formula is C20H28N2O2. The molecule has 1 amide bonds. The Morgan fingerprint density at radius 2 is 1.88 bits per heavy atom. The van der Waals surface area contributed by atoms with Crippen molar-refractivity contribution in [2.75, 3.05) is 0 Å². The van der Waals surface area contributed by atoms with Gasteiger partial charge >= 0.3 is 0 Å². The zero-order valence-electron chi connectivity index (χ0n) is 14.4. The van der Waals surface area contributed by atoms with Crippen molar-refractivity contribution in [2.45, 2.75) is 82.4 Å². The van der Waals surface area contributed by atoms with E-state index in [2.05, 4.69) is 9.88 Å². The van der Waals surface area contributed by atoms with Gasteiger partial charge in [-0.05, 0) is 31.2 Å². The lowest BCUT2D eigenvalue weighted by molar-refractivity contribution is -0.137. The van der Waals surface area contributed by atoms with Crippen molar-refractivity contribution in [3.63, 3.8) is 0 Å². The molecule has 1 aliphatic carbocycles. The average molecular weight is 328 g/mol. The molecule has 4 nitrogen and oxygen atoms in total. The first-order chi connectivity index (χ1) is 11.8. The number of hydrogen-bond donors (Lipinski definition) is 0. The van der Waals surface area contributed by atoms with Gasteiger partial charge in [0.1, 0.15) is 6.10 Å². The van der Waals surface area contributed by atoms with Crippen LogP contribution in [0.5, 0.6) is 5.88 Å². The molecular weight excluding hydrogens is 300 g/mol. The lowest BCUT2D eigenvalue weighted by Crippen LogP contribution is -2.49. The van der Waals surface area contributed by atoms with Crippen molar-refractivity contribution < 1.29 is 9.53 Å². The van der Waals surface area contributed by atoms with E-state index in [1.807, 2.05) is 18.2 Å². The Hall–Kier alpha value is -1.58. The minimum Gasteiger partial charge on any atom is -0.474 e. The van der Waals surface area contributed by atoms with Crippen LogP contribution >= 0.6 is 0 Å². The SMILES string of the molecule is O=C(CCC1CCCC1)N1C2CCC1CC(Oc1ccccn1)C2. The molecule has 3 aliphatic rings. The van der Waals surface area contributed by atoms with Crippen LogP contribution < -0.4 is 4.74 Å². The van der Waals surface area contributed by atoms with Gasteiger partial charge in [0, 0.05) is 43.6 Å². The molecule has 130 valence electrons. The lowest BCUT2D eigenvalue weighted by atomic mass is 9.97. The summed E-state index contributed by atoms with van der Waals surface area (Å²) in [6, 6.07) is 6.55. The molecule has 0 spiro atoms. The first-order valence-corrected chi connectivity index (χ1v) is 9.68. The van der Waals surface area contributed by atoms with Crippen molar-refractivity contribution in [1.29, 1.82) is 0 Å². The third kappa shape index (κ3) is 3.42. The second kappa shape index (κ2) is 7.12. The van der Waals surface area contributed by atoms with Crippen LogP contribution in [0.25, 0.3) is 0 Å². The molecule has 1 saturated carbocycles. The second-order valence-corrected chi connectivity index (χ2v) is 7.75. The monoisotopic (exact) mass is 328 g/mol. The number of pyridine rings is 1. The highest BCUT2D eigenvalue weighted by atomic mass is 16.5. The number of rotatable bonds is 5. The minimum absolute atomic E-state index is 0.205. The van der Waals surface area contributed by atoms with Gasteiger partial charge in [-0.2, -0.15) is 0 Å². The van der Waals surface area contributed by atoms with Crippen LogP contribution in [0.4, 0.5) is 0 Å². The fraction of sp³-hybridized carbons (Fsp3) is 0.700. The van der Waals surface area contributed by atoms with E-state index in [1.54, 1.807) is 6.20 Å². The fourth-order valence-corrected chi connectivity index (χ4v) is 4.97. The molecule has 2 aliphatic heterocycles. The van der Waals surface area contributed by atoms with Gasteiger partial charge in [-0.15, -0.1) is 0 Å². The standard InChI is InChI=1S/C20H28N2O2/c23-20(11-8-15-5-1-2-6-15)22-16-9-10-17(22)14-18(13-16)24-19-7-3-4-12-21-19/h3-4,7,12,15-18H,1-2,5-6,8-11,13-14H2. The Bertz CT molecular complexity index is 542. The summed E-state index contributed by atoms with van der Waals surface area (Å²) < 4.78 is 6.06. The molecule has 0 aromatic carbocycles. The van der Waals surface area contributed by atoms with Gasteiger partial charge in [0.2, 0.25) is 11.8 Å². The Labute approximate surface area is 144 Å². The summed E-state index contributed by atoms with van der Waals surface area (Å²) in [5.41, 5.74) is 0. The number of nitrogens with zero attached hydrogens (tertiary/aromatic N) is 2.